The third-order valence-electron chi connectivity index (χ3n) is 7.50. The van der Waals surface area contributed by atoms with Crippen LogP contribution in [0.25, 0.3) is 0 Å². The molecule has 0 atom stereocenters. The van der Waals surface area contributed by atoms with Gasteiger partial charge in [0.25, 0.3) is 5.91 Å². The largest absolute Gasteiger partial charge is 0.338 e. The summed E-state index contributed by atoms with van der Waals surface area (Å²) in [5, 5.41) is 0. The van der Waals surface area contributed by atoms with Gasteiger partial charge in [-0.05, 0) is 76.1 Å². The molecule has 7 nitrogen and oxygen atoms in total. The van der Waals surface area contributed by atoms with Gasteiger partial charge in [-0.3, -0.25) is 9.59 Å². The number of nitrogens with zero attached hydrogens (tertiary/aromatic N) is 4. The van der Waals surface area contributed by atoms with Gasteiger partial charge in [0.1, 0.15) is 18.0 Å². The number of carbonyl (C=O) groups is 3. The van der Waals surface area contributed by atoms with Crippen LogP contribution in [0.15, 0.2) is 54.6 Å². The average molecular weight is 531 g/mol. The number of benzene rings is 2. The number of anilines is 1. The Kier molecular flexibility index (Phi) is 9.68. The minimum atomic E-state index is -0.745. The van der Waals surface area contributed by atoms with E-state index in [4.69, 9.17) is 0 Å². The molecule has 0 aliphatic carbocycles. The number of piperidine rings is 1. The zero-order valence-corrected chi connectivity index (χ0v) is 22.4. The highest BCUT2D eigenvalue weighted by atomic mass is 35.5. The molecular weight excluding hydrogens is 495 g/mol. The number of hydrogen-bond donors (Lipinski definition) is 0. The van der Waals surface area contributed by atoms with Crippen molar-refractivity contribution in [2.24, 2.45) is 0 Å². The van der Waals surface area contributed by atoms with Crippen molar-refractivity contribution >= 4 is 35.8 Å². The summed E-state index contributed by atoms with van der Waals surface area (Å²) < 4.78 is 13.1. The summed E-state index contributed by atoms with van der Waals surface area (Å²) in [7, 11) is 0. The lowest BCUT2D eigenvalue weighted by molar-refractivity contribution is -0.131. The molecule has 200 valence electrons. The maximum absolute atomic E-state index is 13.8. The molecule has 0 radical (unpaired) electrons. The summed E-state index contributed by atoms with van der Waals surface area (Å²) >= 11 is 0. The van der Waals surface area contributed by atoms with E-state index < -0.39 is 5.54 Å². The Balaban J connectivity index is 0.00000380. The molecule has 0 unspecified atom stereocenters. The van der Waals surface area contributed by atoms with E-state index in [9.17, 15) is 18.8 Å². The molecule has 2 aliphatic heterocycles. The normalized spacial score (nSPS) is 17.1. The number of halogens is 2. The number of urea groups is 1. The Morgan fingerprint density at radius 3 is 2.19 bits per heavy atom. The van der Waals surface area contributed by atoms with E-state index >= 15 is 0 Å². The molecule has 0 N–H and O–H groups in total. The van der Waals surface area contributed by atoms with Crippen LogP contribution in [0, 0.1) is 5.82 Å². The van der Waals surface area contributed by atoms with Crippen LogP contribution in [0.4, 0.5) is 14.9 Å². The van der Waals surface area contributed by atoms with Crippen LogP contribution in [0.5, 0.6) is 0 Å². The van der Waals surface area contributed by atoms with Gasteiger partial charge in [-0.25, -0.2) is 14.1 Å². The third-order valence-corrected chi connectivity index (χ3v) is 7.50. The van der Waals surface area contributed by atoms with Crippen molar-refractivity contribution in [3.05, 3.63) is 66.0 Å². The van der Waals surface area contributed by atoms with Gasteiger partial charge in [0.2, 0.25) is 0 Å². The van der Waals surface area contributed by atoms with Crippen LogP contribution >= 0.6 is 12.4 Å². The fourth-order valence-corrected chi connectivity index (χ4v) is 5.33. The van der Waals surface area contributed by atoms with Crippen LogP contribution in [0.2, 0.25) is 0 Å². The monoisotopic (exact) mass is 530 g/mol. The fourth-order valence-electron chi connectivity index (χ4n) is 5.33. The molecule has 2 heterocycles. The predicted octanol–water partition coefficient (Wildman–Crippen LogP) is 4.81. The second-order valence-corrected chi connectivity index (χ2v) is 9.50. The quantitative estimate of drug-likeness (QED) is 0.458. The summed E-state index contributed by atoms with van der Waals surface area (Å²) in [6, 6.07) is 15.3. The van der Waals surface area contributed by atoms with Crippen molar-refractivity contribution in [3.63, 3.8) is 0 Å². The van der Waals surface area contributed by atoms with E-state index in [2.05, 4.69) is 9.80 Å². The van der Waals surface area contributed by atoms with Gasteiger partial charge in [-0.1, -0.05) is 18.2 Å². The minimum absolute atomic E-state index is 0. The van der Waals surface area contributed by atoms with E-state index in [0.717, 1.165) is 12.2 Å². The zero-order chi connectivity index (χ0) is 25.7. The zero-order valence-electron chi connectivity index (χ0n) is 21.6. The van der Waals surface area contributed by atoms with Gasteiger partial charge in [0.15, 0.2) is 5.78 Å². The molecule has 2 fully saturated rings. The van der Waals surface area contributed by atoms with Crippen molar-refractivity contribution in [3.8, 4) is 0 Å². The van der Waals surface area contributed by atoms with Crippen molar-refractivity contribution in [2.45, 2.75) is 45.1 Å². The number of Topliss-reactive ketones (excluding diaryl/α,β-unsaturated/α-hetero) is 1. The maximum Gasteiger partial charge on any atom is 0.328 e. The summed E-state index contributed by atoms with van der Waals surface area (Å²) in [4.78, 5) is 46.9. The molecule has 2 aromatic carbocycles. The molecular formula is C28H36ClFN4O3. The summed E-state index contributed by atoms with van der Waals surface area (Å²) in [6.45, 7) is 7.40. The predicted molar refractivity (Wildman–Crippen MR) is 145 cm³/mol. The van der Waals surface area contributed by atoms with Gasteiger partial charge >= 0.3 is 6.03 Å². The number of likely N-dealkylation sites (tertiary alicyclic amines) is 1. The number of rotatable bonds is 8. The molecule has 0 saturated carbocycles. The first-order chi connectivity index (χ1) is 17.4. The fraction of sp³-hybridized carbons (Fsp3) is 0.464. The summed E-state index contributed by atoms with van der Waals surface area (Å²) in [5.74, 6) is -0.457. The lowest BCUT2D eigenvalue weighted by atomic mass is 9.85. The van der Waals surface area contributed by atoms with Gasteiger partial charge < -0.3 is 14.7 Å². The first-order valence-electron chi connectivity index (χ1n) is 12.8. The van der Waals surface area contributed by atoms with E-state index in [1.165, 1.54) is 29.2 Å². The molecule has 37 heavy (non-hydrogen) atoms. The highest BCUT2D eigenvalue weighted by molar-refractivity contribution is 6.04. The number of ketones is 1. The lowest BCUT2D eigenvalue weighted by Crippen LogP contribution is -2.57. The Morgan fingerprint density at radius 1 is 0.973 bits per heavy atom. The van der Waals surface area contributed by atoms with E-state index in [0.29, 0.717) is 57.4 Å². The van der Waals surface area contributed by atoms with Crippen molar-refractivity contribution in [1.82, 2.24) is 14.7 Å². The average Bonchev–Trinajstić information content (AvgIpc) is 3.18. The molecule has 0 bridgehead atoms. The van der Waals surface area contributed by atoms with Crippen molar-refractivity contribution < 1.29 is 18.8 Å². The number of para-hydroxylation sites is 1. The molecule has 1 spiro atoms. The maximum atomic E-state index is 13.8. The highest BCUT2D eigenvalue weighted by Gasteiger charge is 2.55. The van der Waals surface area contributed by atoms with Gasteiger partial charge in [-0.15, -0.1) is 12.4 Å². The molecule has 2 saturated heterocycles. The number of hydrogen-bond acceptors (Lipinski definition) is 5. The van der Waals surface area contributed by atoms with E-state index in [1.54, 1.807) is 4.90 Å². The molecule has 0 aromatic heterocycles. The van der Waals surface area contributed by atoms with Crippen LogP contribution in [-0.4, -0.2) is 77.4 Å². The molecule has 9 heteroatoms. The Hall–Kier alpha value is -2.97. The number of imide groups is 1. The van der Waals surface area contributed by atoms with E-state index in [1.807, 2.05) is 44.2 Å². The van der Waals surface area contributed by atoms with E-state index in [-0.39, 0.29) is 42.6 Å². The highest BCUT2D eigenvalue weighted by Crippen LogP contribution is 2.40. The van der Waals surface area contributed by atoms with Gasteiger partial charge in [0.05, 0.1) is 0 Å². The standard InChI is InChI=1S/C28H35FN4O3.ClH/c1-3-31(4-2)27(36)32-21-33(24-9-6-5-7-10-24)28(26(32)35)16-19-30(20-17-28)18-8-11-25(34)22-12-14-23(29)15-13-22;/h5-7,9-10,12-15H,3-4,8,11,16-21H2,1-2H3;1H. The van der Waals surface area contributed by atoms with Crippen LogP contribution in [0.1, 0.15) is 49.9 Å². The second kappa shape index (κ2) is 12.5. The first kappa shape index (κ1) is 28.6. The Labute approximate surface area is 224 Å². The second-order valence-electron chi connectivity index (χ2n) is 9.50. The number of amides is 3. The van der Waals surface area contributed by atoms with Crippen LogP contribution in [0.3, 0.4) is 0 Å². The topological polar surface area (TPSA) is 64.2 Å². The lowest BCUT2D eigenvalue weighted by Gasteiger charge is -2.43. The van der Waals surface area contributed by atoms with Crippen molar-refractivity contribution in [1.29, 1.82) is 0 Å². The summed E-state index contributed by atoms with van der Waals surface area (Å²) in [6.07, 6.45) is 2.34. The minimum Gasteiger partial charge on any atom is -0.338 e. The van der Waals surface area contributed by atoms with Crippen LogP contribution in [-0.2, 0) is 4.79 Å². The third kappa shape index (κ3) is 5.96. The first-order valence-corrected chi connectivity index (χ1v) is 12.8. The Bertz CT molecular complexity index is 1070. The Morgan fingerprint density at radius 2 is 1.59 bits per heavy atom. The van der Waals surface area contributed by atoms with Crippen molar-refractivity contribution in [2.75, 3.05) is 44.3 Å². The molecule has 2 aliphatic rings. The molecule has 3 amide bonds. The molecule has 4 rings (SSSR count). The van der Waals surface area contributed by atoms with Gasteiger partial charge in [-0.2, -0.15) is 0 Å². The van der Waals surface area contributed by atoms with Crippen LogP contribution < -0.4 is 4.90 Å². The smallest absolute Gasteiger partial charge is 0.328 e. The summed E-state index contributed by atoms with van der Waals surface area (Å²) in [5.41, 5.74) is 0.728. The number of carbonyl (C=O) groups excluding carboxylic acids is 3. The molecule has 2 aromatic rings. The van der Waals surface area contributed by atoms with Gasteiger partial charge in [0, 0.05) is 43.9 Å². The SMILES string of the molecule is CCN(CC)C(=O)N1CN(c2ccccc2)C2(CCN(CCCC(=O)c3ccc(F)cc3)CC2)C1=O.Cl.